The highest BCUT2D eigenvalue weighted by atomic mass is 16.2. The van der Waals surface area contributed by atoms with E-state index in [1.807, 2.05) is 46.4 Å². The highest BCUT2D eigenvalue weighted by Crippen LogP contribution is 2.22. The first-order valence-corrected chi connectivity index (χ1v) is 10.4. The van der Waals surface area contributed by atoms with Crippen molar-refractivity contribution < 1.29 is 9.59 Å². The second kappa shape index (κ2) is 10.6. The molecule has 5 nitrogen and oxygen atoms in total. The van der Waals surface area contributed by atoms with Crippen molar-refractivity contribution in [3.8, 4) is 0 Å². The average Bonchev–Trinajstić information content (AvgIpc) is 2.41. The Morgan fingerprint density at radius 1 is 0.815 bits per heavy atom. The number of rotatable bonds is 12. The van der Waals surface area contributed by atoms with Crippen LogP contribution in [0.25, 0.3) is 0 Å². The van der Waals surface area contributed by atoms with E-state index in [9.17, 15) is 9.59 Å². The third kappa shape index (κ3) is 12.2. The molecule has 0 aliphatic rings. The molecule has 0 rings (SSSR count). The van der Waals surface area contributed by atoms with Gasteiger partial charge >= 0.3 is 0 Å². The smallest absolute Gasteiger partial charge is 0.225 e. The van der Waals surface area contributed by atoms with Gasteiger partial charge < -0.3 is 16.4 Å². The van der Waals surface area contributed by atoms with Crippen molar-refractivity contribution in [2.24, 2.45) is 35.1 Å². The van der Waals surface area contributed by atoms with Crippen LogP contribution in [0.3, 0.4) is 0 Å². The molecule has 0 aliphatic heterocycles. The summed E-state index contributed by atoms with van der Waals surface area (Å²) in [5, 5.41) is 0. The molecule has 0 fully saturated rings. The number of carbonyl (C=O) groups is 2. The maximum atomic E-state index is 13.2. The SMILES string of the molecule is CC(=O)C(C)CC(C)C(=O)N(CC(C)CC(C)(C)N)CC(C)CC(C)(C)N. The van der Waals surface area contributed by atoms with Crippen molar-refractivity contribution in [2.45, 2.75) is 92.7 Å². The molecule has 0 aliphatic carbocycles. The summed E-state index contributed by atoms with van der Waals surface area (Å²) in [6, 6.07) is 0. The van der Waals surface area contributed by atoms with E-state index >= 15 is 0 Å². The Labute approximate surface area is 167 Å². The predicted octanol–water partition coefficient (Wildman–Crippen LogP) is 3.59. The average molecular weight is 384 g/mol. The van der Waals surface area contributed by atoms with Crippen LogP contribution in [0.1, 0.15) is 81.6 Å². The van der Waals surface area contributed by atoms with Crippen LogP contribution in [0.15, 0.2) is 0 Å². The van der Waals surface area contributed by atoms with Gasteiger partial charge in [0.05, 0.1) is 0 Å². The molecule has 5 heteroatoms. The van der Waals surface area contributed by atoms with Gasteiger partial charge in [-0.3, -0.25) is 9.59 Å². The number of hydrogen-bond acceptors (Lipinski definition) is 4. The Balaban J connectivity index is 5.19. The van der Waals surface area contributed by atoms with Crippen molar-refractivity contribution in [1.82, 2.24) is 4.90 Å². The monoisotopic (exact) mass is 383 g/mol. The molecule has 4 unspecified atom stereocenters. The van der Waals surface area contributed by atoms with Crippen molar-refractivity contribution in [1.29, 1.82) is 0 Å². The van der Waals surface area contributed by atoms with Gasteiger partial charge in [0.25, 0.3) is 0 Å². The first-order chi connectivity index (χ1) is 12.0. The second-order valence-electron chi connectivity index (χ2n) is 10.5. The van der Waals surface area contributed by atoms with Crippen molar-refractivity contribution in [2.75, 3.05) is 13.1 Å². The van der Waals surface area contributed by atoms with Gasteiger partial charge in [0.15, 0.2) is 0 Å². The summed E-state index contributed by atoms with van der Waals surface area (Å²) in [5.74, 6) is 0.629. The third-order valence-electron chi connectivity index (χ3n) is 4.95. The van der Waals surface area contributed by atoms with Crippen LogP contribution in [0.5, 0.6) is 0 Å². The fraction of sp³-hybridized carbons (Fsp3) is 0.909. The summed E-state index contributed by atoms with van der Waals surface area (Å²) in [7, 11) is 0. The summed E-state index contributed by atoms with van der Waals surface area (Å²) in [6.45, 7) is 19.2. The first kappa shape index (κ1) is 26.1. The number of nitrogens with zero attached hydrogens (tertiary/aromatic N) is 1. The highest BCUT2D eigenvalue weighted by molar-refractivity contribution is 5.81. The standard InChI is InChI=1S/C22H45N3O2/c1-15(11-21(6,7)23)13-25(14-16(2)12-22(8,9)24)20(27)18(4)10-17(3)19(5)26/h15-18H,10-14,23-24H2,1-9H3. The molecular weight excluding hydrogens is 338 g/mol. The molecular formula is C22H45N3O2. The number of Topliss-reactive ketones (excluding diaryl/α,β-unsaturated/α-hetero) is 1. The Bertz CT molecular complexity index is 453. The molecule has 160 valence electrons. The Kier molecular flexibility index (Phi) is 10.2. The molecule has 0 saturated carbocycles. The zero-order valence-corrected chi connectivity index (χ0v) is 19.3. The van der Waals surface area contributed by atoms with Crippen molar-refractivity contribution in [3.05, 3.63) is 0 Å². The summed E-state index contributed by atoms with van der Waals surface area (Å²) in [4.78, 5) is 26.7. The highest BCUT2D eigenvalue weighted by Gasteiger charge is 2.28. The van der Waals surface area contributed by atoms with Crippen LogP contribution in [0.4, 0.5) is 0 Å². The Morgan fingerprint density at radius 2 is 1.19 bits per heavy atom. The molecule has 0 heterocycles. The van der Waals surface area contributed by atoms with Crippen LogP contribution >= 0.6 is 0 Å². The lowest BCUT2D eigenvalue weighted by Crippen LogP contribution is -2.45. The Hall–Kier alpha value is -0.940. The number of ketones is 1. The molecule has 4 atom stereocenters. The molecule has 0 spiro atoms. The summed E-state index contributed by atoms with van der Waals surface area (Å²) < 4.78 is 0. The summed E-state index contributed by atoms with van der Waals surface area (Å²) >= 11 is 0. The fourth-order valence-corrected chi connectivity index (χ4v) is 4.04. The molecule has 1 amide bonds. The van der Waals surface area contributed by atoms with Crippen molar-refractivity contribution >= 4 is 11.7 Å². The van der Waals surface area contributed by atoms with Gasteiger partial charge in [-0.1, -0.05) is 27.7 Å². The van der Waals surface area contributed by atoms with Gasteiger partial charge in [-0.15, -0.1) is 0 Å². The fourth-order valence-electron chi connectivity index (χ4n) is 4.04. The van der Waals surface area contributed by atoms with Gasteiger partial charge in [0, 0.05) is 36.0 Å². The zero-order chi connectivity index (χ0) is 21.6. The van der Waals surface area contributed by atoms with Crippen molar-refractivity contribution in [3.63, 3.8) is 0 Å². The maximum Gasteiger partial charge on any atom is 0.225 e. The predicted molar refractivity (Wildman–Crippen MR) is 114 cm³/mol. The number of nitrogens with two attached hydrogens (primary N) is 2. The molecule has 0 bridgehead atoms. The van der Waals surface area contributed by atoms with Gasteiger partial charge in [-0.2, -0.15) is 0 Å². The van der Waals surface area contributed by atoms with Crippen LogP contribution in [-0.4, -0.2) is 40.8 Å². The molecule has 0 aromatic carbocycles. The first-order valence-electron chi connectivity index (χ1n) is 10.4. The lowest BCUT2D eigenvalue weighted by molar-refractivity contribution is -0.137. The van der Waals surface area contributed by atoms with Crippen LogP contribution < -0.4 is 11.5 Å². The van der Waals surface area contributed by atoms with Crippen LogP contribution in [-0.2, 0) is 9.59 Å². The maximum absolute atomic E-state index is 13.2. The minimum atomic E-state index is -0.256. The quantitative estimate of drug-likeness (QED) is 0.539. The minimum Gasteiger partial charge on any atom is -0.342 e. The zero-order valence-electron chi connectivity index (χ0n) is 19.3. The van der Waals surface area contributed by atoms with E-state index in [0.29, 0.717) is 31.3 Å². The molecule has 0 radical (unpaired) electrons. The number of hydrogen-bond donors (Lipinski definition) is 2. The van der Waals surface area contributed by atoms with E-state index in [2.05, 4.69) is 13.8 Å². The van der Waals surface area contributed by atoms with E-state index in [-0.39, 0.29) is 34.6 Å². The topological polar surface area (TPSA) is 89.4 Å². The van der Waals surface area contributed by atoms with E-state index < -0.39 is 0 Å². The van der Waals surface area contributed by atoms with Gasteiger partial charge in [0.2, 0.25) is 5.91 Å². The number of amides is 1. The summed E-state index contributed by atoms with van der Waals surface area (Å²) in [6.07, 6.45) is 2.30. The third-order valence-corrected chi connectivity index (χ3v) is 4.95. The largest absolute Gasteiger partial charge is 0.342 e. The minimum absolute atomic E-state index is 0.0911. The molecule has 4 N–H and O–H groups in total. The second-order valence-corrected chi connectivity index (χ2v) is 10.5. The van der Waals surface area contributed by atoms with Crippen LogP contribution in [0, 0.1) is 23.7 Å². The Morgan fingerprint density at radius 3 is 1.48 bits per heavy atom. The van der Waals surface area contributed by atoms with E-state index in [1.165, 1.54) is 0 Å². The molecule has 0 aromatic rings. The molecule has 0 aromatic heterocycles. The number of carbonyl (C=O) groups excluding carboxylic acids is 2. The molecule has 0 saturated heterocycles. The van der Waals surface area contributed by atoms with E-state index in [0.717, 1.165) is 12.8 Å². The van der Waals surface area contributed by atoms with E-state index in [4.69, 9.17) is 11.5 Å². The van der Waals surface area contributed by atoms with Gasteiger partial charge in [0.1, 0.15) is 5.78 Å². The summed E-state index contributed by atoms with van der Waals surface area (Å²) in [5.41, 5.74) is 11.8. The van der Waals surface area contributed by atoms with E-state index in [1.54, 1.807) is 6.92 Å². The lowest BCUT2D eigenvalue weighted by atomic mass is 9.89. The molecule has 27 heavy (non-hydrogen) atoms. The van der Waals surface area contributed by atoms with Gasteiger partial charge in [-0.25, -0.2) is 0 Å². The normalized spacial score (nSPS) is 17.1. The van der Waals surface area contributed by atoms with Gasteiger partial charge in [-0.05, 0) is 65.7 Å². The lowest BCUT2D eigenvalue weighted by Gasteiger charge is -2.34. The van der Waals surface area contributed by atoms with Crippen LogP contribution in [0.2, 0.25) is 0 Å².